The molecule has 1 aliphatic rings. The number of nitrogens with zero attached hydrogens (tertiary/aromatic N) is 4. The fourth-order valence-electron chi connectivity index (χ4n) is 4.02. The van der Waals surface area contributed by atoms with Crippen molar-refractivity contribution in [3.63, 3.8) is 0 Å². The number of hydrogen-bond acceptors (Lipinski definition) is 5. The fourth-order valence-corrected chi connectivity index (χ4v) is 4.20. The van der Waals surface area contributed by atoms with E-state index in [9.17, 15) is 23.2 Å². The Morgan fingerprint density at radius 1 is 1.14 bits per heavy atom. The lowest BCUT2D eigenvalue weighted by Crippen LogP contribution is -2.35. The number of hydrogen-bond donors (Lipinski definition) is 0. The second kappa shape index (κ2) is 9.84. The molecular formula is C25H19ClF2N4O3. The number of halogens is 3. The summed E-state index contributed by atoms with van der Waals surface area (Å²) < 4.78 is 27.2. The predicted molar refractivity (Wildman–Crippen MR) is 124 cm³/mol. The standard InChI is InChI=1S/C25H19ClF2N4O3/c1-29-23-12-25(27,28)14-32(23)24(35)7-6-21(33)18-8-9-30-13-16(18)11-22(34)20-4-2-15-10-17(26)3-5-19(15)31-20/h2-5,8-10,13,23H,6-7,11-12,14H2/t23-/m0/s1. The molecule has 0 N–H and O–H groups in total. The van der Waals surface area contributed by atoms with Crippen molar-refractivity contribution in [3.8, 4) is 0 Å². The summed E-state index contributed by atoms with van der Waals surface area (Å²) in [5.41, 5.74) is 1.42. The molecule has 35 heavy (non-hydrogen) atoms. The molecule has 0 bridgehead atoms. The first-order valence-electron chi connectivity index (χ1n) is 10.8. The third-order valence-corrected chi connectivity index (χ3v) is 6.00. The van der Waals surface area contributed by atoms with Crippen LogP contribution in [0.2, 0.25) is 5.02 Å². The van der Waals surface area contributed by atoms with E-state index in [1.165, 1.54) is 18.5 Å². The molecule has 0 spiro atoms. The summed E-state index contributed by atoms with van der Waals surface area (Å²) >= 11 is 5.98. The van der Waals surface area contributed by atoms with E-state index in [2.05, 4.69) is 14.8 Å². The lowest BCUT2D eigenvalue weighted by molar-refractivity contribution is -0.132. The van der Waals surface area contributed by atoms with Gasteiger partial charge in [0.1, 0.15) is 12.1 Å². The van der Waals surface area contributed by atoms with Crippen LogP contribution in [0, 0.1) is 6.57 Å². The minimum absolute atomic E-state index is 0.132. The quantitative estimate of drug-likeness (QED) is 0.347. The van der Waals surface area contributed by atoms with E-state index in [0.29, 0.717) is 16.1 Å². The van der Waals surface area contributed by atoms with Crippen LogP contribution in [0.15, 0.2) is 48.8 Å². The Bertz CT molecular complexity index is 1370. The van der Waals surface area contributed by atoms with Crippen LogP contribution in [0.4, 0.5) is 8.78 Å². The number of benzene rings is 1. The van der Waals surface area contributed by atoms with Gasteiger partial charge in [-0.25, -0.2) is 20.3 Å². The topological polar surface area (TPSA) is 84.6 Å². The van der Waals surface area contributed by atoms with Crippen LogP contribution in [-0.4, -0.2) is 51.0 Å². The summed E-state index contributed by atoms with van der Waals surface area (Å²) in [5, 5.41) is 1.34. The monoisotopic (exact) mass is 496 g/mol. The van der Waals surface area contributed by atoms with Crippen LogP contribution in [-0.2, 0) is 11.2 Å². The molecule has 1 saturated heterocycles. The van der Waals surface area contributed by atoms with Crippen LogP contribution >= 0.6 is 11.6 Å². The smallest absolute Gasteiger partial charge is 0.294 e. The number of Topliss-reactive ketones (excluding diaryl/α,β-unsaturated/α-hetero) is 2. The summed E-state index contributed by atoms with van der Waals surface area (Å²) in [4.78, 5) is 50.4. The summed E-state index contributed by atoms with van der Waals surface area (Å²) in [6, 6.07) is 9.89. The highest BCUT2D eigenvalue weighted by Gasteiger charge is 2.50. The highest BCUT2D eigenvalue weighted by molar-refractivity contribution is 6.31. The lowest BCUT2D eigenvalue weighted by Gasteiger charge is -2.16. The summed E-state index contributed by atoms with van der Waals surface area (Å²) in [5.74, 6) is -4.53. The van der Waals surface area contributed by atoms with Crippen LogP contribution in [0.3, 0.4) is 0 Å². The number of fused-ring (bicyclic) bond motifs is 1. The van der Waals surface area contributed by atoms with Gasteiger partial charge in [0.15, 0.2) is 11.6 Å². The van der Waals surface area contributed by atoms with Gasteiger partial charge in [-0.2, -0.15) is 0 Å². The maximum atomic E-state index is 13.6. The molecule has 2 aromatic heterocycles. The van der Waals surface area contributed by atoms with E-state index in [1.54, 1.807) is 30.3 Å². The number of amides is 1. The minimum atomic E-state index is -3.11. The van der Waals surface area contributed by atoms with E-state index < -0.39 is 36.7 Å². The van der Waals surface area contributed by atoms with Gasteiger partial charge in [-0.05, 0) is 35.9 Å². The molecule has 1 aromatic carbocycles. The maximum Gasteiger partial charge on any atom is 0.306 e. The van der Waals surface area contributed by atoms with E-state index in [4.69, 9.17) is 18.2 Å². The number of carbonyl (C=O) groups is 3. The van der Waals surface area contributed by atoms with Gasteiger partial charge in [0.25, 0.3) is 5.92 Å². The van der Waals surface area contributed by atoms with Gasteiger partial charge in [0, 0.05) is 47.6 Å². The number of carbonyl (C=O) groups excluding carboxylic acids is 3. The molecule has 3 aromatic rings. The number of likely N-dealkylation sites (tertiary alicyclic amines) is 1. The first kappa shape index (κ1) is 24.4. The maximum absolute atomic E-state index is 13.6. The van der Waals surface area contributed by atoms with Gasteiger partial charge < -0.3 is 0 Å². The van der Waals surface area contributed by atoms with Crippen molar-refractivity contribution in [3.05, 3.63) is 82.1 Å². The van der Waals surface area contributed by atoms with Gasteiger partial charge in [-0.3, -0.25) is 29.1 Å². The molecule has 1 atom stereocenters. The summed E-state index contributed by atoms with van der Waals surface area (Å²) in [6.07, 6.45) is 0.181. The van der Waals surface area contributed by atoms with E-state index in [0.717, 1.165) is 10.3 Å². The van der Waals surface area contributed by atoms with E-state index in [-0.39, 0.29) is 36.3 Å². The fraction of sp³-hybridized carbons (Fsp3) is 0.280. The van der Waals surface area contributed by atoms with Crippen LogP contribution in [0.5, 0.6) is 0 Å². The largest absolute Gasteiger partial charge is 0.306 e. The number of aromatic nitrogens is 2. The lowest BCUT2D eigenvalue weighted by atomic mass is 9.98. The zero-order valence-electron chi connectivity index (χ0n) is 18.4. The third-order valence-electron chi connectivity index (χ3n) is 5.77. The highest BCUT2D eigenvalue weighted by atomic mass is 35.5. The Kier molecular flexibility index (Phi) is 6.85. The normalized spacial score (nSPS) is 16.7. The number of ketones is 2. The molecule has 1 fully saturated rings. The molecule has 10 heteroatoms. The number of alkyl halides is 2. The Labute approximate surface area is 204 Å². The van der Waals surface area contributed by atoms with Gasteiger partial charge in [0.05, 0.1) is 12.1 Å². The molecule has 0 unspecified atom stereocenters. The molecule has 4 rings (SSSR count). The Morgan fingerprint density at radius 3 is 2.71 bits per heavy atom. The molecule has 1 aliphatic heterocycles. The molecule has 0 saturated carbocycles. The Morgan fingerprint density at radius 2 is 1.94 bits per heavy atom. The van der Waals surface area contributed by atoms with Crippen LogP contribution in [0.1, 0.15) is 45.7 Å². The molecule has 0 aliphatic carbocycles. The number of pyridine rings is 2. The first-order chi connectivity index (χ1) is 16.7. The van der Waals surface area contributed by atoms with Crippen LogP contribution < -0.4 is 0 Å². The molecular weight excluding hydrogens is 478 g/mol. The van der Waals surface area contributed by atoms with Crippen molar-refractivity contribution in [1.82, 2.24) is 14.9 Å². The van der Waals surface area contributed by atoms with Gasteiger partial charge in [-0.1, -0.05) is 17.7 Å². The average Bonchev–Trinajstić information content (AvgIpc) is 3.17. The summed E-state index contributed by atoms with van der Waals surface area (Å²) in [7, 11) is 0. The van der Waals surface area contributed by atoms with Gasteiger partial charge in [-0.15, -0.1) is 0 Å². The molecule has 0 radical (unpaired) electrons. The van der Waals surface area contributed by atoms with Crippen molar-refractivity contribution in [1.29, 1.82) is 0 Å². The van der Waals surface area contributed by atoms with E-state index in [1.807, 2.05) is 0 Å². The zero-order valence-corrected chi connectivity index (χ0v) is 19.1. The molecule has 1 amide bonds. The van der Waals surface area contributed by atoms with Crippen molar-refractivity contribution >= 4 is 40.0 Å². The number of rotatable bonds is 7. The first-order valence-corrected chi connectivity index (χ1v) is 11.1. The molecule has 3 heterocycles. The van der Waals surface area contributed by atoms with Gasteiger partial charge in [0.2, 0.25) is 5.91 Å². The summed E-state index contributed by atoms with van der Waals surface area (Å²) in [6.45, 7) is 6.22. The molecule has 178 valence electrons. The third kappa shape index (κ3) is 5.49. The van der Waals surface area contributed by atoms with Crippen molar-refractivity contribution in [2.75, 3.05) is 6.54 Å². The van der Waals surface area contributed by atoms with Crippen molar-refractivity contribution in [2.24, 2.45) is 0 Å². The SMILES string of the molecule is [C-]#[N+][C@@H]1CC(F)(F)CN1C(=O)CCC(=O)c1ccncc1CC(=O)c1ccc2cc(Cl)ccc2n1. The Balaban J connectivity index is 1.44. The van der Waals surface area contributed by atoms with Crippen molar-refractivity contribution < 1.29 is 23.2 Å². The van der Waals surface area contributed by atoms with E-state index >= 15 is 0 Å². The predicted octanol–water partition coefficient (Wildman–Crippen LogP) is 4.78. The van der Waals surface area contributed by atoms with Crippen LogP contribution in [0.25, 0.3) is 15.7 Å². The second-order valence-corrected chi connectivity index (χ2v) is 8.72. The zero-order chi connectivity index (χ0) is 25.2. The highest BCUT2D eigenvalue weighted by Crippen LogP contribution is 2.33. The van der Waals surface area contributed by atoms with Gasteiger partial charge >= 0.3 is 6.17 Å². The second-order valence-electron chi connectivity index (χ2n) is 8.28. The van der Waals surface area contributed by atoms with Crippen molar-refractivity contribution in [2.45, 2.75) is 37.8 Å². The average molecular weight is 497 g/mol. The molecule has 7 nitrogen and oxygen atoms in total. The minimum Gasteiger partial charge on any atom is -0.294 e. The Hall–Kier alpha value is -3.77.